The van der Waals surface area contributed by atoms with E-state index in [1.165, 1.54) is 0 Å². The van der Waals surface area contributed by atoms with E-state index in [0.29, 0.717) is 5.56 Å². The van der Waals surface area contributed by atoms with Crippen molar-refractivity contribution in [1.82, 2.24) is 5.32 Å². The second-order valence-corrected chi connectivity index (χ2v) is 4.22. The molecule has 1 N–H and O–H groups in total. The molecule has 0 aliphatic carbocycles. The van der Waals surface area contributed by atoms with Crippen LogP contribution in [0.15, 0.2) is 54.7 Å². The van der Waals surface area contributed by atoms with Crippen LogP contribution >= 0.6 is 0 Å². The van der Waals surface area contributed by atoms with Gasteiger partial charge in [0, 0.05) is 5.56 Å². The second kappa shape index (κ2) is 6.02. The van der Waals surface area contributed by atoms with E-state index in [2.05, 4.69) is 11.9 Å². The minimum absolute atomic E-state index is 0.0648. The van der Waals surface area contributed by atoms with Crippen molar-refractivity contribution in [3.63, 3.8) is 0 Å². The molecule has 20 heavy (non-hydrogen) atoms. The smallest absolute Gasteiger partial charge is 0.354 e. The van der Waals surface area contributed by atoms with Gasteiger partial charge in [0.05, 0.1) is 6.61 Å². The molecule has 4 nitrogen and oxygen atoms in total. The lowest BCUT2D eigenvalue weighted by atomic mass is 10.1. The van der Waals surface area contributed by atoms with E-state index in [4.69, 9.17) is 4.74 Å². The molecule has 4 heteroatoms. The Labute approximate surface area is 117 Å². The number of carbonyl (C=O) groups is 2. The zero-order valence-electron chi connectivity index (χ0n) is 11.2. The normalized spacial score (nSPS) is 10.1. The van der Waals surface area contributed by atoms with Gasteiger partial charge >= 0.3 is 5.97 Å². The molecule has 0 heterocycles. The van der Waals surface area contributed by atoms with Crippen LogP contribution in [0.4, 0.5) is 0 Å². The third-order valence-electron chi connectivity index (χ3n) is 2.80. The Morgan fingerprint density at radius 3 is 2.55 bits per heavy atom. The molecule has 0 saturated heterocycles. The maximum atomic E-state index is 12.0. The molecule has 0 radical (unpaired) electrons. The fourth-order valence-electron chi connectivity index (χ4n) is 1.81. The molecule has 102 valence electrons. The van der Waals surface area contributed by atoms with Crippen molar-refractivity contribution in [2.45, 2.75) is 6.92 Å². The van der Waals surface area contributed by atoms with Crippen molar-refractivity contribution in [2.24, 2.45) is 0 Å². The second-order valence-electron chi connectivity index (χ2n) is 4.22. The Morgan fingerprint density at radius 1 is 1.15 bits per heavy atom. The molecule has 0 spiro atoms. The van der Waals surface area contributed by atoms with Gasteiger partial charge in [0.15, 0.2) is 0 Å². The number of nitrogens with one attached hydrogen (secondary N) is 1. The van der Waals surface area contributed by atoms with Crippen LogP contribution < -0.4 is 5.32 Å². The average molecular weight is 269 g/mol. The first-order valence-corrected chi connectivity index (χ1v) is 6.28. The van der Waals surface area contributed by atoms with Crippen molar-refractivity contribution >= 4 is 22.6 Å². The van der Waals surface area contributed by atoms with Crippen LogP contribution in [-0.2, 0) is 9.53 Å². The average Bonchev–Trinajstić information content (AvgIpc) is 2.46. The minimum atomic E-state index is -0.623. The number of carbonyl (C=O) groups excluding carboxylic acids is 2. The fraction of sp³-hybridized carbons (Fsp3) is 0.125. The molecular formula is C16H15NO3. The van der Waals surface area contributed by atoms with Gasteiger partial charge in [-0.1, -0.05) is 36.9 Å². The van der Waals surface area contributed by atoms with Crippen LogP contribution in [0.2, 0.25) is 0 Å². The van der Waals surface area contributed by atoms with Crippen molar-refractivity contribution in [1.29, 1.82) is 0 Å². The van der Waals surface area contributed by atoms with Gasteiger partial charge < -0.3 is 10.1 Å². The van der Waals surface area contributed by atoms with Crippen molar-refractivity contribution in [3.8, 4) is 0 Å². The lowest BCUT2D eigenvalue weighted by Gasteiger charge is -2.08. The van der Waals surface area contributed by atoms with E-state index in [-0.39, 0.29) is 18.2 Å². The van der Waals surface area contributed by atoms with Crippen LogP contribution in [0.5, 0.6) is 0 Å². The van der Waals surface area contributed by atoms with Gasteiger partial charge in [0.1, 0.15) is 5.70 Å². The summed E-state index contributed by atoms with van der Waals surface area (Å²) in [5, 5.41) is 4.45. The van der Waals surface area contributed by atoms with Crippen LogP contribution in [0.25, 0.3) is 10.8 Å². The monoisotopic (exact) mass is 269 g/mol. The summed E-state index contributed by atoms with van der Waals surface area (Å²) in [6.45, 7) is 5.43. The zero-order chi connectivity index (χ0) is 14.5. The van der Waals surface area contributed by atoms with Gasteiger partial charge in [0.25, 0.3) is 5.91 Å². The molecule has 0 atom stereocenters. The van der Waals surface area contributed by atoms with E-state index in [1.807, 2.05) is 30.3 Å². The van der Waals surface area contributed by atoms with Crippen molar-refractivity contribution < 1.29 is 14.3 Å². The number of ether oxygens (including phenoxy) is 1. The molecule has 0 fully saturated rings. The lowest BCUT2D eigenvalue weighted by molar-refractivity contribution is -0.138. The summed E-state index contributed by atoms with van der Waals surface area (Å²) in [4.78, 5) is 23.4. The molecular weight excluding hydrogens is 254 g/mol. The molecule has 2 rings (SSSR count). The fourth-order valence-corrected chi connectivity index (χ4v) is 1.81. The van der Waals surface area contributed by atoms with Gasteiger partial charge in [-0.05, 0) is 29.8 Å². The number of hydrogen-bond acceptors (Lipinski definition) is 3. The Morgan fingerprint density at radius 2 is 1.85 bits per heavy atom. The van der Waals surface area contributed by atoms with E-state index >= 15 is 0 Å². The molecule has 0 unspecified atom stereocenters. The van der Waals surface area contributed by atoms with Crippen molar-refractivity contribution in [2.75, 3.05) is 6.61 Å². The number of rotatable bonds is 4. The summed E-state index contributed by atoms with van der Waals surface area (Å²) in [6.07, 6.45) is 0. The summed E-state index contributed by atoms with van der Waals surface area (Å²) in [5.74, 6) is -1.00. The highest BCUT2D eigenvalue weighted by atomic mass is 16.5. The van der Waals surface area contributed by atoms with E-state index in [1.54, 1.807) is 19.1 Å². The maximum absolute atomic E-state index is 12.0. The summed E-state index contributed by atoms with van der Waals surface area (Å²) in [7, 11) is 0. The first-order chi connectivity index (χ1) is 9.61. The van der Waals surface area contributed by atoms with Crippen molar-refractivity contribution in [3.05, 3.63) is 60.3 Å². The predicted octanol–water partition coefficient (Wildman–Crippen LogP) is 2.65. The Kier molecular flexibility index (Phi) is 4.15. The predicted molar refractivity (Wildman–Crippen MR) is 77.2 cm³/mol. The quantitative estimate of drug-likeness (QED) is 0.685. The molecule has 0 aliphatic rings. The third-order valence-corrected chi connectivity index (χ3v) is 2.80. The topological polar surface area (TPSA) is 55.4 Å². The summed E-state index contributed by atoms with van der Waals surface area (Å²) in [6, 6.07) is 13.1. The molecule has 2 aromatic rings. The lowest BCUT2D eigenvalue weighted by Crippen LogP contribution is -2.27. The van der Waals surface area contributed by atoms with Gasteiger partial charge in [0.2, 0.25) is 0 Å². The highest BCUT2D eigenvalue weighted by Crippen LogP contribution is 2.15. The van der Waals surface area contributed by atoms with E-state index in [0.717, 1.165) is 10.8 Å². The molecule has 1 amide bonds. The molecule has 0 aliphatic heterocycles. The summed E-state index contributed by atoms with van der Waals surface area (Å²) in [5.41, 5.74) is 0.402. The first kappa shape index (κ1) is 13.8. The number of hydrogen-bond donors (Lipinski definition) is 1. The molecule has 2 aromatic carbocycles. The van der Waals surface area contributed by atoms with Crippen LogP contribution in [0, 0.1) is 0 Å². The largest absolute Gasteiger partial charge is 0.461 e. The van der Waals surface area contributed by atoms with E-state index < -0.39 is 5.97 Å². The van der Waals surface area contributed by atoms with Crippen LogP contribution in [-0.4, -0.2) is 18.5 Å². The molecule has 0 saturated carbocycles. The van der Waals surface area contributed by atoms with Gasteiger partial charge in [-0.25, -0.2) is 4.79 Å². The van der Waals surface area contributed by atoms with Crippen LogP contribution in [0.1, 0.15) is 17.3 Å². The SMILES string of the molecule is C=C(NC(=O)c1ccc2ccccc2c1)C(=O)OCC. The first-order valence-electron chi connectivity index (χ1n) is 6.28. The standard InChI is InChI=1S/C16H15NO3/c1-3-20-16(19)11(2)17-15(18)14-9-8-12-6-4-5-7-13(12)10-14/h4-10H,2-3H2,1H3,(H,17,18). The number of fused-ring (bicyclic) bond motifs is 1. The third kappa shape index (κ3) is 3.03. The Balaban J connectivity index is 2.15. The number of benzene rings is 2. The Bertz CT molecular complexity index is 676. The van der Waals surface area contributed by atoms with Gasteiger partial charge in [-0.3, -0.25) is 4.79 Å². The van der Waals surface area contributed by atoms with Gasteiger partial charge in [-0.15, -0.1) is 0 Å². The summed E-state index contributed by atoms with van der Waals surface area (Å²) >= 11 is 0. The van der Waals surface area contributed by atoms with Gasteiger partial charge in [-0.2, -0.15) is 0 Å². The highest BCUT2D eigenvalue weighted by Gasteiger charge is 2.13. The molecule has 0 bridgehead atoms. The van der Waals surface area contributed by atoms with E-state index in [9.17, 15) is 9.59 Å². The number of amides is 1. The minimum Gasteiger partial charge on any atom is -0.461 e. The zero-order valence-corrected chi connectivity index (χ0v) is 11.2. The summed E-state index contributed by atoms with van der Waals surface area (Å²) < 4.78 is 4.76. The van der Waals surface area contributed by atoms with Crippen LogP contribution in [0.3, 0.4) is 0 Å². The maximum Gasteiger partial charge on any atom is 0.354 e. The number of esters is 1. The molecule has 0 aromatic heterocycles. The Hall–Kier alpha value is -2.62. The highest BCUT2D eigenvalue weighted by molar-refractivity contribution is 6.03.